The van der Waals surface area contributed by atoms with Gasteiger partial charge < -0.3 is 26.2 Å². The zero-order valence-electron chi connectivity index (χ0n) is 21.4. The van der Waals surface area contributed by atoms with Crippen LogP contribution in [0.15, 0.2) is 24.4 Å². The minimum absolute atomic E-state index is 0.0220. The van der Waals surface area contributed by atoms with Crippen molar-refractivity contribution in [3.63, 3.8) is 0 Å². The maximum absolute atomic E-state index is 14.5. The number of halogens is 3. The van der Waals surface area contributed by atoms with Crippen LogP contribution in [0.2, 0.25) is 5.02 Å². The van der Waals surface area contributed by atoms with Crippen molar-refractivity contribution in [2.75, 3.05) is 42.3 Å². The first-order chi connectivity index (χ1) is 17.8. The van der Waals surface area contributed by atoms with Crippen LogP contribution >= 0.6 is 11.6 Å². The van der Waals surface area contributed by atoms with Crippen LogP contribution in [0.4, 0.5) is 31.9 Å². The molecule has 4 rings (SSSR count). The molecule has 4 N–H and O–H groups in total. The molecule has 202 valence electrons. The standard InChI is InChI=1S/C26H36ClF2N7O/c1-16(2)31-25(37)19-5-3-6-22(19)34-24-21(29)14-30-26(35-24)33-17-7-8-23(20(27)13-17)32-18-9-12-36(15-18)11-4-10-28/h7-8,13-14,16,18-19,22,32H,3-6,9-12,15H2,1-2H3,(H,31,37)(H2,30,33,34,35)/t18-,19+,22+/m1/s1. The van der Waals surface area contributed by atoms with E-state index < -0.39 is 5.82 Å². The van der Waals surface area contributed by atoms with Crippen LogP contribution in [0, 0.1) is 11.7 Å². The average molecular weight is 536 g/mol. The van der Waals surface area contributed by atoms with Gasteiger partial charge in [0.2, 0.25) is 11.9 Å². The van der Waals surface area contributed by atoms with Crippen LogP contribution in [-0.4, -0.2) is 65.2 Å². The summed E-state index contributed by atoms with van der Waals surface area (Å²) in [6.45, 7) is 6.12. The fraction of sp³-hybridized carbons (Fsp3) is 0.577. The molecule has 8 nitrogen and oxygen atoms in total. The molecule has 3 atom stereocenters. The highest BCUT2D eigenvalue weighted by Gasteiger charge is 2.34. The van der Waals surface area contributed by atoms with Crippen molar-refractivity contribution in [1.82, 2.24) is 20.2 Å². The van der Waals surface area contributed by atoms with Gasteiger partial charge in [-0.25, -0.2) is 9.37 Å². The van der Waals surface area contributed by atoms with Crippen molar-refractivity contribution in [1.29, 1.82) is 0 Å². The van der Waals surface area contributed by atoms with E-state index in [-0.39, 0.29) is 48.4 Å². The molecule has 11 heteroatoms. The molecular formula is C26H36ClF2N7O. The highest BCUT2D eigenvalue weighted by atomic mass is 35.5. The number of alkyl halides is 1. The molecular weight excluding hydrogens is 500 g/mol. The summed E-state index contributed by atoms with van der Waals surface area (Å²) in [4.78, 5) is 23.2. The number of hydrogen-bond acceptors (Lipinski definition) is 7. The molecule has 1 saturated heterocycles. The van der Waals surface area contributed by atoms with Gasteiger partial charge in [0.1, 0.15) is 0 Å². The van der Waals surface area contributed by atoms with E-state index in [4.69, 9.17) is 11.6 Å². The molecule has 1 saturated carbocycles. The number of nitrogens with zero attached hydrogens (tertiary/aromatic N) is 3. The highest BCUT2D eigenvalue weighted by Crippen LogP contribution is 2.31. The van der Waals surface area contributed by atoms with Crippen molar-refractivity contribution in [3.05, 3.63) is 35.2 Å². The summed E-state index contributed by atoms with van der Waals surface area (Å²) in [5, 5.41) is 13.2. The number of nitrogens with one attached hydrogen (secondary N) is 4. The minimum atomic E-state index is -0.574. The molecule has 0 bridgehead atoms. The first kappa shape index (κ1) is 27.3. The monoisotopic (exact) mass is 535 g/mol. The lowest BCUT2D eigenvalue weighted by molar-refractivity contribution is -0.125. The van der Waals surface area contributed by atoms with E-state index in [0.29, 0.717) is 17.1 Å². The van der Waals surface area contributed by atoms with Crippen LogP contribution in [0.1, 0.15) is 46.0 Å². The number of benzene rings is 1. The molecule has 0 unspecified atom stereocenters. The van der Waals surface area contributed by atoms with E-state index in [0.717, 1.165) is 57.2 Å². The van der Waals surface area contributed by atoms with Crippen molar-refractivity contribution >= 4 is 40.6 Å². The number of rotatable bonds is 11. The van der Waals surface area contributed by atoms with Crippen molar-refractivity contribution in [2.45, 2.75) is 64.1 Å². The number of carbonyl (C=O) groups is 1. The first-order valence-electron chi connectivity index (χ1n) is 13.0. The lowest BCUT2D eigenvalue weighted by Gasteiger charge is -2.22. The number of likely N-dealkylation sites (tertiary alicyclic amines) is 1. The lowest BCUT2D eigenvalue weighted by atomic mass is 10.0. The maximum Gasteiger partial charge on any atom is 0.229 e. The largest absolute Gasteiger partial charge is 0.380 e. The zero-order chi connectivity index (χ0) is 26.4. The summed E-state index contributed by atoms with van der Waals surface area (Å²) in [5.74, 6) is -0.542. The van der Waals surface area contributed by atoms with Crippen LogP contribution < -0.4 is 21.3 Å². The smallest absolute Gasteiger partial charge is 0.229 e. The Hall–Kier alpha value is -2.72. The highest BCUT2D eigenvalue weighted by molar-refractivity contribution is 6.33. The van der Waals surface area contributed by atoms with E-state index in [1.165, 1.54) is 0 Å². The Labute approximate surface area is 222 Å². The Balaban J connectivity index is 1.37. The van der Waals surface area contributed by atoms with Gasteiger partial charge in [-0.2, -0.15) is 4.98 Å². The second-order valence-electron chi connectivity index (χ2n) is 10.1. The number of anilines is 4. The van der Waals surface area contributed by atoms with Gasteiger partial charge in [-0.15, -0.1) is 0 Å². The SMILES string of the molecule is CC(C)NC(=O)[C@H]1CCC[C@@H]1Nc1nc(Nc2ccc(N[C@@H]3CCN(CCCF)C3)c(Cl)c2)ncc1F. The molecule has 0 radical (unpaired) electrons. The third kappa shape index (κ3) is 7.41. The topological polar surface area (TPSA) is 94.2 Å². The number of carbonyl (C=O) groups excluding carboxylic acids is 1. The fourth-order valence-corrected chi connectivity index (χ4v) is 5.27. The zero-order valence-corrected chi connectivity index (χ0v) is 22.1. The van der Waals surface area contributed by atoms with Gasteiger partial charge in [-0.05, 0) is 57.7 Å². The Morgan fingerprint density at radius 2 is 2.08 bits per heavy atom. The Bertz CT molecular complexity index is 1070. The van der Waals surface area contributed by atoms with Gasteiger partial charge >= 0.3 is 0 Å². The summed E-state index contributed by atoms with van der Waals surface area (Å²) in [6.07, 6.45) is 5.06. The van der Waals surface area contributed by atoms with E-state index in [9.17, 15) is 13.6 Å². The third-order valence-electron chi connectivity index (χ3n) is 6.82. The number of aromatic nitrogens is 2. The predicted octanol–water partition coefficient (Wildman–Crippen LogP) is 4.96. The van der Waals surface area contributed by atoms with E-state index in [1.54, 1.807) is 6.07 Å². The Morgan fingerprint density at radius 1 is 1.24 bits per heavy atom. The van der Waals surface area contributed by atoms with E-state index >= 15 is 0 Å². The van der Waals surface area contributed by atoms with Gasteiger partial charge in [0.25, 0.3) is 0 Å². The van der Waals surface area contributed by atoms with Crippen LogP contribution in [0.3, 0.4) is 0 Å². The summed E-state index contributed by atoms with van der Waals surface area (Å²) in [6, 6.07) is 5.62. The Kier molecular flexibility index (Phi) is 9.37. The molecule has 1 aromatic heterocycles. The van der Waals surface area contributed by atoms with Gasteiger partial charge in [-0.3, -0.25) is 9.18 Å². The molecule has 1 amide bonds. The molecule has 2 aliphatic rings. The third-order valence-corrected chi connectivity index (χ3v) is 7.13. The molecule has 2 heterocycles. The fourth-order valence-electron chi connectivity index (χ4n) is 5.04. The molecule has 1 aliphatic carbocycles. The minimum Gasteiger partial charge on any atom is -0.380 e. The van der Waals surface area contributed by atoms with Crippen LogP contribution in [-0.2, 0) is 4.79 Å². The summed E-state index contributed by atoms with van der Waals surface area (Å²) in [5.41, 5.74) is 1.48. The average Bonchev–Trinajstić information content (AvgIpc) is 3.50. The van der Waals surface area contributed by atoms with Crippen LogP contribution in [0.5, 0.6) is 0 Å². The number of amides is 1. The molecule has 1 aromatic carbocycles. The van der Waals surface area contributed by atoms with Gasteiger partial charge in [0, 0.05) is 43.4 Å². The number of hydrogen-bond donors (Lipinski definition) is 4. The first-order valence-corrected chi connectivity index (χ1v) is 13.4. The maximum atomic E-state index is 14.5. The molecule has 0 spiro atoms. The van der Waals surface area contributed by atoms with Gasteiger partial charge in [0.05, 0.1) is 29.5 Å². The second kappa shape index (κ2) is 12.7. The summed E-state index contributed by atoms with van der Waals surface area (Å²) in [7, 11) is 0. The lowest BCUT2D eigenvalue weighted by Crippen LogP contribution is -2.41. The molecule has 37 heavy (non-hydrogen) atoms. The summed E-state index contributed by atoms with van der Waals surface area (Å²) < 4.78 is 27.0. The second-order valence-corrected chi connectivity index (χ2v) is 10.5. The van der Waals surface area contributed by atoms with Gasteiger partial charge in [0.15, 0.2) is 11.6 Å². The van der Waals surface area contributed by atoms with E-state index in [2.05, 4.69) is 36.1 Å². The molecule has 2 fully saturated rings. The molecule has 1 aliphatic heterocycles. The van der Waals surface area contributed by atoms with E-state index in [1.807, 2.05) is 26.0 Å². The molecule has 2 aromatic rings. The van der Waals surface area contributed by atoms with Crippen LogP contribution in [0.25, 0.3) is 0 Å². The van der Waals surface area contributed by atoms with Crippen molar-refractivity contribution < 1.29 is 13.6 Å². The summed E-state index contributed by atoms with van der Waals surface area (Å²) >= 11 is 6.53. The normalized spacial score (nSPS) is 21.8. The van der Waals surface area contributed by atoms with Gasteiger partial charge in [-0.1, -0.05) is 18.0 Å². The van der Waals surface area contributed by atoms with Crippen molar-refractivity contribution in [3.8, 4) is 0 Å². The quantitative estimate of drug-likeness (QED) is 0.323. The Morgan fingerprint density at radius 3 is 2.84 bits per heavy atom. The van der Waals surface area contributed by atoms with Crippen molar-refractivity contribution in [2.24, 2.45) is 5.92 Å². The predicted molar refractivity (Wildman–Crippen MR) is 144 cm³/mol.